The highest BCUT2D eigenvalue weighted by molar-refractivity contribution is 14.1. The molecule has 92 valence electrons. The van der Waals surface area contributed by atoms with Crippen LogP contribution in [0.3, 0.4) is 0 Å². The Labute approximate surface area is 109 Å². The molecular formula is C9H7F3IN3O. The fourth-order valence-electron chi connectivity index (χ4n) is 1.11. The summed E-state index contributed by atoms with van der Waals surface area (Å²) in [5.74, 6) is -0.564. The van der Waals surface area contributed by atoms with Crippen molar-refractivity contribution >= 4 is 22.6 Å². The van der Waals surface area contributed by atoms with Crippen LogP contribution in [0.4, 0.5) is 13.2 Å². The maximum absolute atomic E-state index is 12.1. The first kappa shape index (κ1) is 14.0. The quantitative estimate of drug-likeness (QED) is 0.842. The van der Waals surface area contributed by atoms with Gasteiger partial charge >= 0.3 is 6.36 Å². The molecule has 1 heterocycles. The van der Waals surface area contributed by atoms with Gasteiger partial charge in [-0.15, -0.1) is 13.2 Å². The standard InChI is InChI=1S/C9H7F3IN3O/c10-9(11,12)17-8-7(13)5(4-15)3-6(16-8)1-2-14/h3H,1,4,15H2. The number of hydrogen-bond acceptors (Lipinski definition) is 4. The van der Waals surface area contributed by atoms with Crippen molar-refractivity contribution in [2.45, 2.75) is 19.3 Å². The van der Waals surface area contributed by atoms with Crippen molar-refractivity contribution in [3.8, 4) is 11.9 Å². The molecule has 0 amide bonds. The summed E-state index contributed by atoms with van der Waals surface area (Å²) in [6.07, 6.45) is -4.91. The summed E-state index contributed by atoms with van der Waals surface area (Å²) < 4.78 is 40.3. The Balaban J connectivity index is 3.19. The molecule has 1 aromatic heterocycles. The molecule has 2 N–H and O–H groups in total. The van der Waals surface area contributed by atoms with E-state index < -0.39 is 12.2 Å². The summed E-state index contributed by atoms with van der Waals surface area (Å²) >= 11 is 1.68. The van der Waals surface area contributed by atoms with Crippen LogP contribution in [0.15, 0.2) is 6.07 Å². The van der Waals surface area contributed by atoms with Gasteiger partial charge in [-0.05, 0) is 34.2 Å². The normalized spacial score (nSPS) is 11.1. The Kier molecular flexibility index (Phi) is 4.53. The Morgan fingerprint density at radius 3 is 2.65 bits per heavy atom. The Bertz CT molecular complexity index is 456. The highest BCUT2D eigenvalue weighted by atomic mass is 127. The van der Waals surface area contributed by atoms with Crippen molar-refractivity contribution in [2.75, 3.05) is 0 Å². The molecule has 17 heavy (non-hydrogen) atoms. The van der Waals surface area contributed by atoms with Crippen molar-refractivity contribution < 1.29 is 17.9 Å². The second kappa shape index (κ2) is 5.50. The monoisotopic (exact) mass is 357 g/mol. The first-order valence-electron chi connectivity index (χ1n) is 4.38. The van der Waals surface area contributed by atoms with Crippen LogP contribution >= 0.6 is 22.6 Å². The molecule has 8 heteroatoms. The number of pyridine rings is 1. The van der Waals surface area contributed by atoms with Gasteiger partial charge in [-0.1, -0.05) is 0 Å². The van der Waals surface area contributed by atoms with E-state index in [0.29, 0.717) is 5.56 Å². The van der Waals surface area contributed by atoms with Gasteiger partial charge in [-0.2, -0.15) is 5.26 Å². The van der Waals surface area contributed by atoms with E-state index in [1.165, 1.54) is 6.07 Å². The molecule has 1 aromatic rings. The van der Waals surface area contributed by atoms with E-state index in [-0.39, 0.29) is 22.2 Å². The van der Waals surface area contributed by atoms with Crippen LogP contribution in [0.25, 0.3) is 0 Å². The van der Waals surface area contributed by atoms with Crippen molar-refractivity contribution in [1.82, 2.24) is 4.98 Å². The molecule has 1 rings (SSSR count). The third kappa shape index (κ3) is 4.01. The topological polar surface area (TPSA) is 71.9 Å². The number of hydrogen-bond donors (Lipinski definition) is 1. The number of halogens is 4. The molecule has 0 aliphatic rings. The van der Waals surface area contributed by atoms with E-state index in [0.717, 1.165) is 0 Å². The predicted octanol–water partition coefficient (Wildman–Crippen LogP) is 2.11. The van der Waals surface area contributed by atoms with Gasteiger partial charge in [0.25, 0.3) is 0 Å². The molecular weight excluding hydrogens is 350 g/mol. The van der Waals surface area contributed by atoms with Gasteiger partial charge in [0.1, 0.15) is 0 Å². The average molecular weight is 357 g/mol. The second-order valence-corrected chi connectivity index (χ2v) is 4.06. The molecule has 0 saturated heterocycles. The van der Waals surface area contributed by atoms with Crippen molar-refractivity contribution in [2.24, 2.45) is 5.73 Å². The molecule has 0 aliphatic carbocycles. The van der Waals surface area contributed by atoms with Crippen LogP contribution < -0.4 is 10.5 Å². The van der Waals surface area contributed by atoms with E-state index in [9.17, 15) is 13.2 Å². The predicted molar refractivity (Wildman–Crippen MR) is 60.8 cm³/mol. The maximum Gasteiger partial charge on any atom is 0.574 e. The maximum atomic E-state index is 12.1. The number of rotatable bonds is 3. The number of alkyl halides is 3. The van der Waals surface area contributed by atoms with Gasteiger partial charge in [-0.25, -0.2) is 4.98 Å². The van der Waals surface area contributed by atoms with Gasteiger partial charge in [0.2, 0.25) is 5.88 Å². The molecule has 0 aromatic carbocycles. The van der Waals surface area contributed by atoms with Gasteiger partial charge in [0.05, 0.1) is 21.8 Å². The second-order valence-electron chi connectivity index (χ2n) is 2.98. The summed E-state index contributed by atoms with van der Waals surface area (Å²) in [5.41, 5.74) is 6.06. The molecule has 0 aliphatic heterocycles. The summed E-state index contributed by atoms with van der Waals surface area (Å²) in [5, 5.41) is 8.49. The largest absolute Gasteiger partial charge is 0.574 e. The Morgan fingerprint density at radius 2 is 2.18 bits per heavy atom. The molecule has 0 spiro atoms. The highest BCUT2D eigenvalue weighted by Gasteiger charge is 2.33. The SMILES string of the molecule is N#CCc1cc(CN)c(I)c(OC(F)(F)F)n1. The van der Waals surface area contributed by atoms with Gasteiger partial charge < -0.3 is 10.5 Å². The Morgan fingerprint density at radius 1 is 1.53 bits per heavy atom. The first-order valence-corrected chi connectivity index (χ1v) is 5.46. The fraction of sp³-hybridized carbons (Fsp3) is 0.333. The minimum Gasteiger partial charge on any atom is -0.387 e. The molecule has 0 atom stereocenters. The lowest BCUT2D eigenvalue weighted by Crippen LogP contribution is -2.20. The van der Waals surface area contributed by atoms with Crippen LogP contribution in [-0.4, -0.2) is 11.3 Å². The summed E-state index contributed by atoms with van der Waals surface area (Å²) in [7, 11) is 0. The lowest BCUT2D eigenvalue weighted by molar-refractivity contribution is -0.276. The summed E-state index contributed by atoms with van der Waals surface area (Å²) in [6, 6.07) is 3.30. The van der Waals surface area contributed by atoms with Crippen LogP contribution in [0.2, 0.25) is 0 Å². The number of nitrogens with zero attached hydrogens (tertiary/aromatic N) is 2. The first-order chi connectivity index (χ1) is 7.87. The molecule has 0 fully saturated rings. The molecule has 4 nitrogen and oxygen atoms in total. The number of aromatic nitrogens is 1. The van der Waals surface area contributed by atoms with Crippen LogP contribution in [-0.2, 0) is 13.0 Å². The third-order valence-corrected chi connectivity index (χ3v) is 2.90. The van der Waals surface area contributed by atoms with Crippen molar-refractivity contribution in [1.29, 1.82) is 5.26 Å². The Hall–Kier alpha value is -1.08. The van der Waals surface area contributed by atoms with Crippen LogP contribution in [0, 0.1) is 14.9 Å². The van der Waals surface area contributed by atoms with E-state index in [1.54, 1.807) is 28.7 Å². The third-order valence-electron chi connectivity index (χ3n) is 1.75. The molecule has 0 saturated carbocycles. The number of nitriles is 1. The van der Waals surface area contributed by atoms with E-state index >= 15 is 0 Å². The smallest absolute Gasteiger partial charge is 0.387 e. The van der Waals surface area contributed by atoms with Gasteiger partial charge in [-0.3, -0.25) is 0 Å². The molecule has 0 bridgehead atoms. The minimum atomic E-state index is -4.82. The molecule has 0 unspecified atom stereocenters. The highest BCUT2D eigenvalue weighted by Crippen LogP contribution is 2.28. The van der Waals surface area contributed by atoms with Crippen molar-refractivity contribution in [3.05, 3.63) is 20.9 Å². The number of nitrogens with two attached hydrogens (primary N) is 1. The van der Waals surface area contributed by atoms with E-state index in [1.807, 2.05) is 0 Å². The van der Waals surface area contributed by atoms with E-state index in [4.69, 9.17) is 11.0 Å². The lowest BCUT2D eigenvalue weighted by Gasteiger charge is -2.12. The lowest BCUT2D eigenvalue weighted by atomic mass is 10.2. The van der Waals surface area contributed by atoms with Gasteiger partial charge in [0, 0.05) is 6.54 Å². The van der Waals surface area contributed by atoms with Crippen LogP contribution in [0.1, 0.15) is 11.3 Å². The summed E-state index contributed by atoms with van der Waals surface area (Å²) in [4.78, 5) is 3.63. The minimum absolute atomic E-state index is 0.0490. The fourth-order valence-corrected chi connectivity index (χ4v) is 1.72. The zero-order valence-electron chi connectivity index (χ0n) is 8.38. The van der Waals surface area contributed by atoms with E-state index in [2.05, 4.69) is 9.72 Å². The summed E-state index contributed by atoms with van der Waals surface area (Å²) in [6.45, 7) is 0.0490. The number of ether oxygens (including phenoxy) is 1. The molecule has 0 radical (unpaired) electrons. The van der Waals surface area contributed by atoms with Gasteiger partial charge in [0.15, 0.2) is 0 Å². The van der Waals surface area contributed by atoms with Crippen molar-refractivity contribution in [3.63, 3.8) is 0 Å². The van der Waals surface area contributed by atoms with Crippen LogP contribution in [0.5, 0.6) is 5.88 Å². The average Bonchev–Trinajstić information content (AvgIpc) is 2.21. The zero-order chi connectivity index (χ0) is 13.1. The zero-order valence-corrected chi connectivity index (χ0v) is 10.5.